The van der Waals surface area contributed by atoms with Gasteiger partial charge in [0.1, 0.15) is 22.3 Å². The molecule has 5 heteroatoms. The van der Waals surface area contributed by atoms with Crippen molar-refractivity contribution >= 4 is 95.3 Å². The van der Waals surface area contributed by atoms with Gasteiger partial charge in [0.2, 0.25) is 0 Å². The van der Waals surface area contributed by atoms with E-state index in [0.29, 0.717) is 0 Å². The van der Waals surface area contributed by atoms with Crippen LogP contribution in [0.2, 0.25) is 0 Å². The molecule has 1 N–H and O–H groups in total. The number of hydrogen-bond acceptors (Lipinski definition) is 3. The van der Waals surface area contributed by atoms with Crippen LogP contribution in [0.5, 0.6) is 0 Å². The van der Waals surface area contributed by atoms with Crippen molar-refractivity contribution in [1.82, 2.24) is 4.57 Å². The van der Waals surface area contributed by atoms with Gasteiger partial charge in [-0.3, -0.25) is 0 Å². The maximum atomic E-state index is 6.55. The van der Waals surface area contributed by atoms with Gasteiger partial charge in [-0.05, 0) is 116 Å². The van der Waals surface area contributed by atoms with Crippen molar-refractivity contribution in [3.8, 4) is 27.9 Å². The number of furan rings is 2. The molecular formula is C59H48BN2O2. The summed E-state index contributed by atoms with van der Waals surface area (Å²) < 4.78 is 15.6. The summed E-state index contributed by atoms with van der Waals surface area (Å²) in [6, 6.07) is 51.6. The summed E-state index contributed by atoms with van der Waals surface area (Å²) in [7, 11) is 2.41. The lowest BCUT2D eigenvalue weighted by Crippen LogP contribution is -2.37. The van der Waals surface area contributed by atoms with E-state index in [1.165, 1.54) is 66.3 Å². The van der Waals surface area contributed by atoms with Crippen LogP contribution >= 0.6 is 0 Å². The van der Waals surface area contributed by atoms with Gasteiger partial charge in [-0.1, -0.05) is 140 Å². The summed E-state index contributed by atoms with van der Waals surface area (Å²) >= 11 is 0. The summed E-state index contributed by atoms with van der Waals surface area (Å²) in [5.41, 5.74) is 21.8. The van der Waals surface area contributed by atoms with Gasteiger partial charge in [0.25, 0.3) is 0 Å². The van der Waals surface area contributed by atoms with Crippen LogP contribution < -0.4 is 16.2 Å². The zero-order chi connectivity index (χ0) is 43.6. The van der Waals surface area contributed by atoms with Crippen LogP contribution in [0.15, 0.2) is 148 Å². The largest absolute Gasteiger partial charge is 0.456 e. The van der Waals surface area contributed by atoms with Crippen molar-refractivity contribution in [2.45, 2.75) is 71.6 Å². The number of nitrogens with one attached hydrogen (secondary N) is 1. The molecule has 0 saturated heterocycles. The number of nitrogens with zero attached hydrogens (tertiary/aromatic N) is 1. The molecule has 0 bridgehead atoms. The zero-order valence-corrected chi connectivity index (χ0v) is 37.6. The third-order valence-electron chi connectivity index (χ3n) is 14.5. The Morgan fingerprint density at radius 3 is 1.95 bits per heavy atom. The molecule has 3 aromatic heterocycles. The van der Waals surface area contributed by atoms with Gasteiger partial charge >= 0.3 is 0 Å². The minimum absolute atomic E-state index is 0.0436. The summed E-state index contributed by atoms with van der Waals surface area (Å²) in [5, 5.41) is 10.9. The predicted octanol–water partition coefficient (Wildman–Crippen LogP) is 14.9. The smallest absolute Gasteiger partial charge is 0.198 e. The van der Waals surface area contributed by atoms with Crippen LogP contribution in [0.1, 0.15) is 77.6 Å². The normalized spacial score (nSPS) is 14.2. The van der Waals surface area contributed by atoms with Crippen molar-refractivity contribution in [2.24, 2.45) is 0 Å². The van der Waals surface area contributed by atoms with Crippen LogP contribution in [0.25, 0.3) is 93.6 Å². The van der Waals surface area contributed by atoms with Gasteiger partial charge in [-0.15, -0.1) is 0 Å². The predicted molar refractivity (Wildman–Crippen MR) is 270 cm³/mol. The van der Waals surface area contributed by atoms with Crippen LogP contribution in [-0.4, -0.2) is 11.8 Å². The molecule has 0 atom stereocenters. The van der Waals surface area contributed by atoms with E-state index in [-0.39, 0.29) is 16.2 Å². The van der Waals surface area contributed by atoms with Crippen LogP contribution in [0, 0.1) is 0 Å². The van der Waals surface area contributed by atoms with E-state index in [1.807, 2.05) is 6.07 Å². The third-order valence-corrected chi connectivity index (χ3v) is 14.5. The highest BCUT2D eigenvalue weighted by Crippen LogP contribution is 2.53. The Bertz CT molecular complexity index is 3820. The minimum Gasteiger partial charge on any atom is -0.456 e. The van der Waals surface area contributed by atoms with Crippen LogP contribution in [0.4, 0.5) is 11.4 Å². The molecule has 0 fully saturated rings. The van der Waals surface area contributed by atoms with Crippen molar-refractivity contribution in [2.75, 3.05) is 5.32 Å². The van der Waals surface area contributed by atoms with Gasteiger partial charge in [0.15, 0.2) is 7.28 Å². The van der Waals surface area contributed by atoms with E-state index in [2.05, 4.69) is 206 Å². The lowest BCUT2D eigenvalue weighted by atomic mass is 9.59. The van der Waals surface area contributed by atoms with Crippen molar-refractivity contribution in [3.05, 3.63) is 162 Å². The fourth-order valence-electron chi connectivity index (χ4n) is 11.1. The summed E-state index contributed by atoms with van der Waals surface area (Å²) in [6.45, 7) is 18.5. The number of aromatic nitrogens is 1. The number of para-hydroxylation sites is 2. The first-order valence-electron chi connectivity index (χ1n) is 22.7. The summed E-state index contributed by atoms with van der Waals surface area (Å²) in [5.74, 6) is 0. The van der Waals surface area contributed by atoms with E-state index in [0.717, 1.165) is 71.9 Å². The maximum absolute atomic E-state index is 6.55. The van der Waals surface area contributed by atoms with E-state index >= 15 is 0 Å². The number of anilines is 2. The molecule has 11 aromatic rings. The quantitative estimate of drug-likeness (QED) is 0.180. The molecule has 0 unspecified atom stereocenters. The van der Waals surface area contributed by atoms with Gasteiger partial charge < -0.3 is 18.7 Å². The molecule has 1 radical (unpaired) electrons. The second-order valence-electron chi connectivity index (χ2n) is 20.9. The maximum Gasteiger partial charge on any atom is 0.198 e. The fraction of sp³-hybridized carbons (Fsp3) is 0.186. The average Bonchev–Trinajstić information content (AvgIpc) is 3.99. The van der Waals surface area contributed by atoms with Crippen molar-refractivity contribution in [1.29, 1.82) is 0 Å². The Morgan fingerprint density at radius 1 is 0.516 bits per heavy atom. The highest BCUT2D eigenvalue weighted by atomic mass is 16.3. The molecule has 309 valence electrons. The Balaban J connectivity index is 1.12. The Morgan fingerprint density at radius 2 is 1.19 bits per heavy atom. The van der Waals surface area contributed by atoms with Gasteiger partial charge in [-0.25, -0.2) is 0 Å². The van der Waals surface area contributed by atoms with E-state index in [4.69, 9.17) is 8.83 Å². The second kappa shape index (κ2) is 12.6. The first-order chi connectivity index (χ1) is 30.7. The molecule has 1 aliphatic carbocycles. The number of benzene rings is 8. The average molecular weight is 828 g/mol. The molecule has 0 spiro atoms. The first-order valence-corrected chi connectivity index (χ1v) is 22.7. The highest BCUT2D eigenvalue weighted by molar-refractivity contribution is 6.74. The molecule has 1 aliphatic heterocycles. The second-order valence-corrected chi connectivity index (χ2v) is 20.9. The zero-order valence-electron chi connectivity index (χ0n) is 37.6. The summed E-state index contributed by atoms with van der Waals surface area (Å²) in [6.07, 6.45) is 0. The van der Waals surface area contributed by atoms with Crippen molar-refractivity contribution in [3.63, 3.8) is 0 Å². The molecule has 0 amide bonds. The standard InChI is InChI=1S/C59H48BN2O2/c1-57(2,3)32-17-20-34(21-18-32)61-46-30-44-40(35-22-19-33(58(4,5)6)27-43(35)59(44,7)8)28-41(46)37-23-24-39-53-47(25-26-51-54(53)38-14-10-12-16-50(38)63-51)62-48-29-42-36-13-9-11-15-49(36)64-52(42)31-45(48)60-55(37)56(39)62/h9-31,61H,1-8H3. The first kappa shape index (κ1) is 37.6. The molecule has 4 nitrogen and oxygen atoms in total. The number of hydrogen-bond donors (Lipinski definition) is 1. The Hall–Kier alpha value is -6.98. The van der Waals surface area contributed by atoms with Crippen LogP contribution in [-0.2, 0) is 16.2 Å². The lowest BCUT2D eigenvalue weighted by molar-refractivity contribution is 0.584. The van der Waals surface area contributed by atoms with Crippen LogP contribution in [0.3, 0.4) is 0 Å². The van der Waals surface area contributed by atoms with E-state index < -0.39 is 0 Å². The summed E-state index contributed by atoms with van der Waals surface area (Å²) in [4.78, 5) is 0. The monoisotopic (exact) mass is 827 g/mol. The molecule has 13 rings (SSSR count). The molecule has 2 aliphatic rings. The molecule has 64 heavy (non-hydrogen) atoms. The number of fused-ring (bicyclic) bond motifs is 15. The van der Waals surface area contributed by atoms with Gasteiger partial charge in [0.05, 0.1) is 5.52 Å². The topological polar surface area (TPSA) is 43.2 Å². The molecular weight excluding hydrogens is 779 g/mol. The van der Waals surface area contributed by atoms with Gasteiger partial charge in [0, 0.05) is 65.9 Å². The third kappa shape index (κ3) is 5.18. The molecule has 4 heterocycles. The SMILES string of the molecule is CC(C)(C)c1ccc(Nc2cc3c(cc2-c2ccc4c5c6c(ccc5n5c4c2[B]c2cc4oc7ccccc7c4cc2-5)oc2ccccc26)-c2ccc(C(C)(C)C)cc2C3(C)C)cc1. The Labute approximate surface area is 373 Å². The number of rotatable bonds is 3. The lowest BCUT2D eigenvalue weighted by Gasteiger charge is -2.27. The van der Waals surface area contributed by atoms with E-state index in [9.17, 15) is 0 Å². The Kier molecular flexibility index (Phi) is 7.40. The highest BCUT2D eigenvalue weighted by Gasteiger charge is 2.38. The minimum atomic E-state index is -0.191. The van der Waals surface area contributed by atoms with E-state index in [1.54, 1.807) is 0 Å². The van der Waals surface area contributed by atoms with Gasteiger partial charge in [-0.2, -0.15) is 0 Å². The molecule has 8 aromatic carbocycles. The molecule has 0 saturated carbocycles. The fourth-order valence-corrected chi connectivity index (χ4v) is 11.1. The van der Waals surface area contributed by atoms with Crippen molar-refractivity contribution < 1.29 is 8.83 Å².